The zero-order chi connectivity index (χ0) is 13.1. The predicted molar refractivity (Wildman–Crippen MR) is 68.4 cm³/mol. The van der Waals surface area contributed by atoms with Crippen LogP contribution < -0.4 is 0 Å². The molecule has 1 saturated heterocycles. The minimum atomic E-state index is -0.372. The van der Waals surface area contributed by atoms with Gasteiger partial charge < -0.3 is 4.74 Å². The highest BCUT2D eigenvalue weighted by molar-refractivity contribution is 5.32. The summed E-state index contributed by atoms with van der Waals surface area (Å²) in [7, 11) is 0. The second-order valence-electron chi connectivity index (χ2n) is 4.87. The van der Waals surface area contributed by atoms with E-state index < -0.39 is 0 Å². The molecule has 1 aromatic rings. The van der Waals surface area contributed by atoms with Crippen LogP contribution in [0.25, 0.3) is 0 Å². The van der Waals surface area contributed by atoms with Crippen molar-refractivity contribution in [3.63, 3.8) is 0 Å². The molecule has 1 heterocycles. The van der Waals surface area contributed by atoms with Crippen molar-refractivity contribution in [1.29, 1.82) is 0 Å². The van der Waals surface area contributed by atoms with E-state index in [1.807, 2.05) is 12.1 Å². The van der Waals surface area contributed by atoms with Crippen molar-refractivity contribution in [3.05, 3.63) is 39.9 Å². The summed E-state index contributed by atoms with van der Waals surface area (Å²) >= 11 is 0. The number of nitro benzene ring substituents is 1. The molecule has 2 unspecified atom stereocenters. The van der Waals surface area contributed by atoms with E-state index >= 15 is 0 Å². The predicted octanol–water partition coefficient (Wildman–Crippen LogP) is 2.20. The van der Waals surface area contributed by atoms with Crippen LogP contribution in [0.4, 0.5) is 5.69 Å². The summed E-state index contributed by atoms with van der Waals surface area (Å²) in [5.41, 5.74) is 1.24. The number of nitro groups is 1. The molecule has 0 aromatic heterocycles. The Balaban J connectivity index is 1.98. The fraction of sp³-hybridized carbons (Fsp3) is 0.538. The smallest absolute Gasteiger partial charge is 0.269 e. The summed E-state index contributed by atoms with van der Waals surface area (Å²) in [4.78, 5) is 12.5. The lowest BCUT2D eigenvalue weighted by Crippen LogP contribution is -2.44. The molecule has 0 bridgehead atoms. The Morgan fingerprint density at radius 1 is 1.28 bits per heavy atom. The van der Waals surface area contributed by atoms with Crippen molar-refractivity contribution in [2.45, 2.75) is 32.6 Å². The van der Waals surface area contributed by atoms with Gasteiger partial charge in [-0.05, 0) is 19.4 Å². The summed E-state index contributed by atoms with van der Waals surface area (Å²) in [5, 5.41) is 10.6. The number of nitrogens with zero attached hydrogens (tertiary/aromatic N) is 2. The van der Waals surface area contributed by atoms with Crippen LogP contribution in [0.15, 0.2) is 24.3 Å². The topological polar surface area (TPSA) is 55.6 Å². The number of rotatable bonds is 3. The van der Waals surface area contributed by atoms with E-state index in [0.29, 0.717) is 0 Å². The first-order chi connectivity index (χ1) is 8.54. The third-order valence-corrected chi connectivity index (χ3v) is 3.05. The normalized spacial score (nSPS) is 25.0. The molecular weight excluding hydrogens is 232 g/mol. The molecule has 1 aliphatic heterocycles. The molecule has 5 nitrogen and oxygen atoms in total. The molecule has 0 spiro atoms. The van der Waals surface area contributed by atoms with Crippen molar-refractivity contribution in [2.75, 3.05) is 13.1 Å². The standard InChI is InChI=1S/C13H18N2O3/c1-10-7-14(8-11(2)18-10)9-12-3-5-13(6-4-12)15(16)17/h3-6,10-11H,7-9H2,1-2H3. The first-order valence-corrected chi connectivity index (χ1v) is 6.15. The lowest BCUT2D eigenvalue weighted by Gasteiger charge is -2.35. The first-order valence-electron chi connectivity index (χ1n) is 6.15. The molecular formula is C13H18N2O3. The SMILES string of the molecule is CC1CN(Cc2ccc([N+](=O)[O-])cc2)CC(C)O1. The average Bonchev–Trinajstić information content (AvgIpc) is 2.28. The molecule has 0 saturated carbocycles. The summed E-state index contributed by atoms with van der Waals surface area (Å²) in [6.45, 7) is 6.76. The number of morpholine rings is 1. The number of hydrogen-bond donors (Lipinski definition) is 0. The molecule has 2 rings (SSSR count). The van der Waals surface area contributed by atoms with Crippen molar-refractivity contribution < 1.29 is 9.66 Å². The Morgan fingerprint density at radius 3 is 2.33 bits per heavy atom. The van der Waals surface area contributed by atoms with Crippen LogP contribution in [0, 0.1) is 10.1 Å². The van der Waals surface area contributed by atoms with Gasteiger partial charge in [0.2, 0.25) is 0 Å². The van der Waals surface area contributed by atoms with Crippen LogP contribution in [0.1, 0.15) is 19.4 Å². The van der Waals surface area contributed by atoms with Gasteiger partial charge >= 0.3 is 0 Å². The van der Waals surface area contributed by atoms with Gasteiger partial charge in [0, 0.05) is 31.8 Å². The van der Waals surface area contributed by atoms with Gasteiger partial charge in [0.1, 0.15) is 0 Å². The Kier molecular flexibility index (Phi) is 3.93. The van der Waals surface area contributed by atoms with Crippen LogP contribution >= 0.6 is 0 Å². The Bertz CT molecular complexity index is 409. The highest BCUT2D eigenvalue weighted by Crippen LogP contribution is 2.16. The van der Waals surface area contributed by atoms with Gasteiger partial charge in [0.25, 0.3) is 5.69 Å². The van der Waals surface area contributed by atoms with Crippen molar-refractivity contribution in [1.82, 2.24) is 4.90 Å². The van der Waals surface area contributed by atoms with Gasteiger partial charge in [-0.25, -0.2) is 0 Å². The number of benzene rings is 1. The van der Waals surface area contributed by atoms with Crippen molar-refractivity contribution in [2.24, 2.45) is 0 Å². The van der Waals surface area contributed by atoms with E-state index in [9.17, 15) is 10.1 Å². The van der Waals surface area contributed by atoms with Crippen LogP contribution in [-0.2, 0) is 11.3 Å². The maximum atomic E-state index is 10.6. The molecule has 18 heavy (non-hydrogen) atoms. The molecule has 1 aliphatic rings. The molecule has 0 amide bonds. The number of hydrogen-bond acceptors (Lipinski definition) is 4. The van der Waals surface area contributed by atoms with E-state index in [0.717, 1.165) is 25.2 Å². The fourth-order valence-corrected chi connectivity index (χ4v) is 2.39. The highest BCUT2D eigenvalue weighted by atomic mass is 16.6. The summed E-state index contributed by atoms with van der Waals surface area (Å²) < 4.78 is 5.67. The second kappa shape index (κ2) is 5.46. The lowest BCUT2D eigenvalue weighted by molar-refractivity contribution is -0.384. The summed E-state index contributed by atoms with van der Waals surface area (Å²) in [6.07, 6.45) is 0.485. The minimum Gasteiger partial charge on any atom is -0.373 e. The van der Waals surface area contributed by atoms with Gasteiger partial charge in [-0.1, -0.05) is 12.1 Å². The van der Waals surface area contributed by atoms with E-state index in [4.69, 9.17) is 4.74 Å². The first kappa shape index (κ1) is 13.0. The average molecular weight is 250 g/mol. The van der Waals surface area contributed by atoms with E-state index in [1.54, 1.807) is 12.1 Å². The molecule has 5 heteroatoms. The molecule has 1 fully saturated rings. The Labute approximate surface area is 107 Å². The van der Waals surface area contributed by atoms with Gasteiger partial charge in [-0.2, -0.15) is 0 Å². The van der Waals surface area contributed by atoms with Crippen molar-refractivity contribution >= 4 is 5.69 Å². The zero-order valence-electron chi connectivity index (χ0n) is 10.7. The zero-order valence-corrected chi connectivity index (χ0v) is 10.7. The summed E-state index contributed by atoms with van der Waals surface area (Å²) in [5.74, 6) is 0. The van der Waals surface area contributed by atoms with E-state index in [2.05, 4.69) is 18.7 Å². The van der Waals surface area contributed by atoms with Crippen LogP contribution in [0.5, 0.6) is 0 Å². The van der Waals surface area contributed by atoms with Gasteiger partial charge in [0.05, 0.1) is 17.1 Å². The van der Waals surface area contributed by atoms with Gasteiger partial charge in [-0.3, -0.25) is 15.0 Å². The van der Waals surface area contributed by atoms with E-state index in [1.165, 1.54) is 0 Å². The third-order valence-electron chi connectivity index (χ3n) is 3.05. The van der Waals surface area contributed by atoms with Crippen LogP contribution in [0.2, 0.25) is 0 Å². The molecule has 0 radical (unpaired) electrons. The molecule has 98 valence electrons. The molecule has 0 aliphatic carbocycles. The van der Waals surface area contributed by atoms with Gasteiger partial charge in [-0.15, -0.1) is 0 Å². The highest BCUT2D eigenvalue weighted by Gasteiger charge is 2.22. The minimum absolute atomic E-state index is 0.141. The number of ether oxygens (including phenoxy) is 1. The largest absolute Gasteiger partial charge is 0.373 e. The van der Waals surface area contributed by atoms with E-state index in [-0.39, 0.29) is 22.8 Å². The fourth-order valence-electron chi connectivity index (χ4n) is 2.39. The molecule has 1 aromatic carbocycles. The number of non-ortho nitro benzene ring substituents is 1. The second-order valence-corrected chi connectivity index (χ2v) is 4.87. The summed E-state index contributed by atoms with van der Waals surface area (Å²) in [6, 6.07) is 6.76. The van der Waals surface area contributed by atoms with Crippen LogP contribution in [-0.4, -0.2) is 35.1 Å². The Morgan fingerprint density at radius 2 is 1.83 bits per heavy atom. The van der Waals surface area contributed by atoms with Crippen molar-refractivity contribution in [3.8, 4) is 0 Å². The maximum absolute atomic E-state index is 10.6. The van der Waals surface area contributed by atoms with Crippen LogP contribution in [0.3, 0.4) is 0 Å². The third kappa shape index (κ3) is 3.27. The lowest BCUT2D eigenvalue weighted by atomic mass is 10.1. The monoisotopic (exact) mass is 250 g/mol. The maximum Gasteiger partial charge on any atom is 0.269 e. The Hall–Kier alpha value is -1.46. The molecule has 2 atom stereocenters. The van der Waals surface area contributed by atoms with Gasteiger partial charge in [0.15, 0.2) is 0 Å². The quantitative estimate of drug-likeness (QED) is 0.609. The molecule has 0 N–H and O–H groups in total.